The molecule has 0 radical (unpaired) electrons. The minimum Gasteiger partial charge on any atom is -0.488 e. The van der Waals surface area contributed by atoms with Gasteiger partial charge < -0.3 is 38.2 Å². The van der Waals surface area contributed by atoms with Gasteiger partial charge in [-0.1, -0.05) is 0 Å². The molecule has 16 nitrogen and oxygen atoms in total. The fraction of sp³-hybridized carbons (Fsp3) is 0.370. The quantitative estimate of drug-likeness (QED) is 0.0623. The molecule has 0 saturated heterocycles. The predicted molar refractivity (Wildman–Crippen MR) is 148 cm³/mol. The van der Waals surface area contributed by atoms with E-state index in [1.165, 1.54) is 54.4 Å². The minimum absolute atomic E-state index is 0.0505. The Hall–Kier alpha value is -5.41. The molecule has 0 aliphatic heterocycles. The Kier molecular flexibility index (Phi) is 13.2. The maximum atomic E-state index is 12.0. The summed E-state index contributed by atoms with van der Waals surface area (Å²) in [5.41, 5.74) is 0.336. The number of nitro benzene ring substituents is 1. The number of benzene rings is 2. The third-order valence-corrected chi connectivity index (χ3v) is 5.74. The van der Waals surface area contributed by atoms with E-state index in [4.69, 9.17) is 18.9 Å². The van der Waals surface area contributed by atoms with Gasteiger partial charge in [-0.2, -0.15) is 0 Å². The van der Waals surface area contributed by atoms with Gasteiger partial charge >= 0.3 is 23.9 Å². The molecule has 2 aromatic rings. The van der Waals surface area contributed by atoms with Crippen molar-refractivity contribution in [3.8, 4) is 11.5 Å². The highest BCUT2D eigenvalue weighted by atomic mass is 16.6. The van der Waals surface area contributed by atoms with Gasteiger partial charge in [0.05, 0.1) is 50.8 Å². The zero-order valence-electron chi connectivity index (χ0n) is 23.9. The first kappa shape index (κ1) is 33.8. The van der Waals surface area contributed by atoms with Crippen LogP contribution in [-0.4, -0.2) is 103 Å². The van der Waals surface area contributed by atoms with Crippen LogP contribution in [0.2, 0.25) is 0 Å². The number of anilines is 2. The number of rotatable bonds is 17. The van der Waals surface area contributed by atoms with Gasteiger partial charge in [-0.3, -0.25) is 34.1 Å². The van der Waals surface area contributed by atoms with Crippen LogP contribution in [-0.2, 0) is 38.1 Å². The van der Waals surface area contributed by atoms with E-state index in [0.717, 1.165) is 20.3 Å². The number of carbonyl (C=O) groups is 5. The van der Waals surface area contributed by atoms with Crippen molar-refractivity contribution in [2.24, 2.45) is 0 Å². The van der Waals surface area contributed by atoms with Crippen LogP contribution in [0.3, 0.4) is 0 Å². The van der Waals surface area contributed by atoms with E-state index in [9.17, 15) is 34.1 Å². The van der Waals surface area contributed by atoms with Gasteiger partial charge in [0.2, 0.25) is 0 Å². The second kappa shape index (κ2) is 16.8. The molecular weight excluding hydrogens is 574 g/mol. The van der Waals surface area contributed by atoms with E-state index in [0.29, 0.717) is 6.29 Å². The van der Waals surface area contributed by atoms with Crippen molar-refractivity contribution in [3.05, 3.63) is 52.1 Å². The van der Waals surface area contributed by atoms with E-state index in [2.05, 4.69) is 9.47 Å². The molecule has 0 aliphatic rings. The summed E-state index contributed by atoms with van der Waals surface area (Å²) in [5.74, 6) is -2.63. The molecule has 0 atom stereocenters. The molecule has 0 saturated carbocycles. The number of nitro groups is 1. The van der Waals surface area contributed by atoms with Crippen molar-refractivity contribution in [2.45, 2.75) is 0 Å². The zero-order chi connectivity index (χ0) is 31.9. The lowest BCUT2D eigenvalue weighted by Gasteiger charge is -2.25. The number of esters is 4. The number of carbonyl (C=O) groups excluding carboxylic acids is 5. The molecule has 0 fully saturated rings. The highest BCUT2D eigenvalue weighted by molar-refractivity contribution is 5.85. The Morgan fingerprint density at radius 1 is 0.698 bits per heavy atom. The van der Waals surface area contributed by atoms with E-state index < -0.39 is 41.9 Å². The SMILES string of the molecule is COC(=O)CN(CC(=O)OC)c1ccc(C=O)cc1OCCOc1cc([N+](=O)[O-])ccc1N(CC(=O)OC)CC(=O)OC. The van der Waals surface area contributed by atoms with E-state index in [-0.39, 0.29) is 60.4 Å². The van der Waals surface area contributed by atoms with Gasteiger partial charge in [0.25, 0.3) is 5.69 Å². The third-order valence-electron chi connectivity index (χ3n) is 5.74. The molecule has 2 rings (SSSR count). The number of methoxy groups -OCH3 is 4. The lowest BCUT2D eigenvalue weighted by atomic mass is 10.2. The summed E-state index contributed by atoms with van der Waals surface area (Å²) in [6, 6.07) is 7.92. The maximum absolute atomic E-state index is 12.0. The Labute approximate surface area is 246 Å². The predicted octanol–water partition coefficient (Wildman–Crippen LogP) is 1.17. The van der Waals surface area contributed by atoms with Crippen molar-refractivity contribution in [1.29, 1.82) is 0 Å². The van der Waals surface area contributed by atoms with Crippen LogP contribution in [0.15, 0.2) is 36.4 Å². The van der Waals surface area contributed by atoms with Gasteiger partial charge in [0.1, 0.15) is 57.2 Å². The van der Waals surface area contributed by atoms with Crippen LogP contribution in [0.25, 0.3) is 0 Å². The van der Waals surface area contributed by atoms with Crippen LogP contribution < -0.4 is 19.3 Å². The summed E-state index contributed by atoms with van der Waals surface area (Å²) in [6.45, 7) is -1.87. The van der Waals surface area contributed by atoms with Gasteiger partial charge in [0.15, 0.2) is 0 Å². The minimum atomic E-state index is -0.692. The smallest absolute Gasteiger partial charge is 0.325 e. The number of hydrogen-bond donors (Lipinski definition) is 0. The normalized spacial score (nSPS) is 10.1. The summed E-state index contributed by atoms with van der Waals surface area (Å²) in [6.07, 6.45) is 0.574. The fourth-order valence-electron chi connectivity index (χ4n) is 3.61. The monoisotopic (exact) mass is 605 g/mol. The molecule has 43 heavy (non-hydrogen) atoms. The standard InChI is InChI=1S/C27H31N3O13/c1-38-24(32)13-28(14-25(33)39-2)20-7-5-18(17-31)11-22(20)42-9-10-43-23-12-19(30(36)37)6-8-21(23)29(15-26(34)40-3)16-27(35)41-4/h5-8,11-12,17H,9-10,13-16H2,1-4H3. The molecule has 16 heteroatoms. The topological polar surface area (TPSA) is 190 Å². The molecule has 0 spiro atoms. The average Bonchev–Trinajstić information content (AvgIpc) is 3.01. The molecule has 0 bridgehead atoms. The molecule has 0 N–H and O–H groups in total. The van der Waals surface area contributed by atoms with Gasteiger partial charge in [0, 0.05) is 11.6 Å². The van der Waals surface area contributed by atoms with Gasteiger partial charge in [-0.15, -0.1) is 0 Å². The Morgan fingerprint density at radius 2 is 1.09 bits per heavy atom. The van der Waals surface area contributed by atoms with Crippen LogP contribution in [0.4, 0.5) is 17.1 Å². The van der Waals surface area contributed by atoms with E-state index >= 15 is 0 Å². The molecule has 2 aromatic carbocycles. The largest absolute Gasteiger partial charge is 0.488 e. The summed E-state index contributed by atoms with van der Waals surface area (Å²) >= 11 is 0. The van der Waals surface area contributed by atoms with Crippen molar-refractivity contribution in [3.63, 3.8) is 0 Å². The van der Waals surface area contributed by atoms with Crippen molar-refractivity contribution in [2.75, 3.05) is 77.6 Å². The van der Waals surface area contributed by atoms with Gasteiger partial charge in [-0.05, 0) is 24.3 Å². The molecule has 232 valence electrons. The number of hydrogen-bond acceptors (Lipinski definition) is 15. The number of non-ortho nitro benzene ring substituents is 1. The Balaban J connectivity index is 2.35. The van der Waals surface area contributed by atoms with Crippen molar-refractivity contribution in [1.82, 2.24) is 0 Å². The van der Waals surface area contributed by atoms with Crippen LogP contribution in [0.1, 0.15) is 10.4 Å². The molecule has 0 aliphatic carbocycles. The molecule has 0 aromatic heterocycles. The second-order valence-electron chi connectivity index (χ2n) is 8.47. The van der Waals surface area contributed by atoms with Crippen LogP contribution >= 0.6 is 0 Å². The lowest BCUT2D eigenvalue weighted by Crippen LogP contribution is -2.36. The molecular formula is C27H31N3O13. The number of ether oxygens (including phenoxy) is 6. The highest BCUT2D eigenvalue weighted by Crippen LogP contribution is 2.33. The fourth-order valence-corrected chi connectivity index (χ4v) is 3.61. The molecule has 0 amide bonds. The van der Waals surface area contributed by atoms with Crippen molar-refractivity contribution >= 4 is 47.2 Å². The highest BCUT2D eigenvalue weighted by Gasteiger charge is 2.23. The van der Waals surface area contributed by atoms with E-state index in [1.807, 2.05) is 0 Å². The van der Waals surface area contributed by atoms with Crippen LogP contribution in [0.5, 0.6) is 11.5 Å². The maximum Gasteiger partial charge on any atom is 0.325 e. The lowest BCUT2D eigenvalue weighted by molar-refractivity contribution is -0.384. The zero-order valence-corrected chi connectivity index (χ0v) is 23.9. The number of nitrogens with zero attached hydrogens (tertiary/aromatic N) is 3. The van der Waals surface area contributed by atoms with Crippen LogP contribution in [0, 0.1) is 10.1 Å². The summed E-state index contributed by atoms with van der Waals surface area (Å²) in [5, 5.41) is 11.4. The first-order chi connectivity index (χ1) is 20.6. The summed E-state index contributed by atoms with van der Waals surface area (Å²) in [4.78, 5) is 72.8. The first-order valence-corrected chi connectivity index (χ1v) is 12.5. The second-order valence-corrected chi connectivity index (χ2v) is 8.47. The van der Waals surface area contributed by atoms with E-state index in [1.54, 1.807) is 0 Å². The summed E-state index contributed by atoms with van der Waals surface area (Å²) in [7, 11) is 4.69. The molecule has 0 heterocycles. The first-order valence-electron chi connectivity index (χ1n) is 12.5. The van der Waals surface area contributed by atoms with Crippen molar-refractivity contribution < 1.29 is 57.3 Å². The summed E-state index contributed by atoms with van der Waals surface area (Å²) < 4.78 is 30.4. The Bertz CT molecular complexity index is 1300. The molecule has 0 unspecified atom stereocenters. The number of aldehydes is 1. The third kappa shape index (κ3) is 10.2. The Morgan fingerprint density at radius 3 is 1.47 bits per heavy atom. The van der Waals surface area contributed by atoms with Gasteiger partial charge in [-0.25, -0.2) is 0 Å². The average molecular weight is 606 g/mol.